The van der Waals surface area contributed by atoms with Gasteiger partial charge >= 0.3 is 0 Å². The summed E-state index contributed by atoms with van der Waals surface area (Å²) < 4.78 is 5.90. The van der Waals surface area contributed by atoms with Crippen LogP contribution < -0.4 is 9.80 Å². The van der Waals surface area contributed by atoms with Gasteiger partial charge in [0.15, 0.2) is 5.58 Å². The third-order valence-electron chi connectivity index (χ3n) is 6.97. The van der Waals surface area contributed by atoms with Crippen LogP contribution in [0.4, 0.5) is 11.4 Å². The highest BCUT2D eigenvalue weighted by molar-refractivity contribution is 5.85. The van der Waals surface area contributed by atoms with E-state index in [-0.39, 0.29) is 0 Å². The fourth-order valence-electron chi connectivity index (χ4n) is 4.74. The van der Waals surface area contributed by atoms with Crippen LogP contribution in [0.3, 0.4) is 0 Å². The molecule has 4 aromatic carbocycles. The van der Waals surface area contributed by atoms with Gasteiger partial charge in [0.1, 0.15) is 11.3 Å². The molecule has 6 aromatic rings. The number of imidazole rings is 1. The first-order valence-corrected chi connectivity index (χ1v) is 13.2. The Morgan fingerprint density at radius 1 is 0.650 bits per heavy atom. The number of oxazole rings is 1. The van der Waals surface area contributed by atoms with Crippen molar-refractivity contribution >= 4 is 34.6 Å². The van der Waals surface area contributed by atoms with Gasteiger partial charge in [-0.3, -0.25) is 0 Å². The molecule has 0 bridgehead atoms. The first-order valence-electron chi connectivity index (χ1n) is 13.2. The summed E-state index contributed by atoms with van der Waals surface area (Å²) >= 11 is 0. The minimum absolute atomic E-state index is 0.568. The number of aromatic nitrogens is 3. The number of rotatable bonds is 7. The number of nitrogens with one attached hydrogen (secondary N) is 1. The Morgan fingerprint density at radius 3 is 1.95 bits per heavy atom. The lowest BCUT2D eigenvalue weighted by Crippen LogP contribution is -2.08. The van der Waals surface area contributed by atoms with Gasteiger partial charge in [0, 0.05) is 62.3 Å². The van der Waals surface area contributed by atoms with Crippen molar-refractivity contribution in [3.63, 3.8) is 0 Å². The zero-order chi connectivity index (χ0) is 27.6. The molecule has 0 unspecified atom stereocenters. The highest BCUT2D eigenvalue weighted by Crippen LogP contribution is 2.35. The van der Waals surface area contributed by atoms with Gasteiger partial charge in [-0.2, -0.15) is 0 Å². The van der Waals surface area contributed by atoms with E-state index in [2.05, 4.69) is 80.4 Å². The molecule has 0 aliphatic heterocycles. The Morgan fingerprint density at radius 2 is 1.27 bits per heavy atom. The van der Waals surface area contributed by atoms with Crippen LogP contribution in [0.2, 0.25) is 0 Å². The van der Waals surface area contributed by atoms with Gasteiger partial charge in [0.25, 0.3) is 0 Å². The van der Waals surface area contributed by atoms with Gasteiger partial charge in [-0.15, -0.1) is 0 Å². The average Bonchev–Trinajstić information content (AvgIpc) is 3.61. The molecular weight excluding hydrogens is 494 g/mol. The van der Waals surface area contributed by atoms with Gasteiger partial charge in [0.2, 0.25) is 5.89 Å². The Balaban J connectivity index is 1.43. The van der Waals surface area contributed by atoms with E-state index in [9.17, 15) is 0 Å². The summed E-state index contributed by atoms with van der Waals surface area (Å²) in [6, 6.07) is 33.1. The maximum Gasteiger partial charge on any atom is 0.220 e. The summed E-state index contributed by atoms with van der Waals surface area (Å²) in [7, 11) is 8.19. The molecule has 1 N–H and O–H groups in total. The van der Waals surface area contributed by atoms with Gasteiger partial charge in [0.05, 0.1) is 11.4 Å². The summed E-state index contributed by atoms with van der Waals surface area (Å²) in [5, 5.41) is 0. The lowest BCUT2D eigenvalue weighted by Gasteiger charge is -2.13. The van der Waals surface area contributed by atoms with Crippen molar-refractivity contribution in [2.45, 2.75) is 0 Å². The Bertz CT molecular complexity index is 1690. The van der Waals surface area contributed by atoms with Gasteiger partial charge in [-0.05, 0) is 48.0 Å². The molecule has 40 heavy (non-hydrogen) atoms. The molecule has 6 rings (SSSR count). The molecule has 198 valence electrons. The predicted molar refractivity (Wildman–Crippen MR) is 166 cm³/mol. The van der Waals surface area contributed by atoms with Gasteiger partial charge in [-0.1, -0.05) is 60.7 Å². The SMILES string of the molecule is CN(C)c1ccc(-c2nc(-c3ccccc3/C=C/c3nc4ccccc4o3)[nH]c2-c2ccc(N(C)C)cc2)cc1. The molecular formula is C34H31N5O. The summed E-state index contributed by atoms with van der Waals surface area (Å²) in [6.07, 6.45) is 3.93. The summed E-state index contributed by atoms with van der Waals surface area (Å²) in [5.74, 6) is 1.37. The van der Waals surface area contributed by atoms with Crippen LogP contribution in [-0.2, 0) is 0 Å². The fourth-order valence-corrected chi connectivity index (χ4v) is 4.74. The number of benzene rings is 4. The number of aromatic amines is 1. The van der Waals surface area contributed by atoms with Crippen molar-refractivity contribution in [2.24, 2.45) is 0 Å². The third kappa shape index (κ3) is 4.99. The maximum absolute atomic E-state index is 5.90. The van der Waals surface area contributed by atoms with Crippen molar-refractivity contribution in [3.05, 3.63) is 109 Å². The van der Waals surface area contributed by atoms with Crippen LogP contribution in [0, 0.1) is 0 Å². The van der Waals surface area contributed by atoms with E-state index in [1.807, 2.05) is 76.7 Å². The normalized spacial score (nSPS) is 11.4. The molecule has 6 heteroatoms. The monoisotopic (exact) mass is 525 g/mol. The summed E-state index contributed by atoms with van der Waals surface area (Å²) in [6.45, 7) is 0. The number of hydrogen-bond acceptors (Lipinski definition) is 5. The smallest absolute Gasteiger partial charge is 0.220 e. The Kier molecular flexibility index (Phi) is 6.66. The average molecular weight is 526 g/mol. The van der Waals surface area contributed by atoms with Crippen LogP contribution in [0.15, 0.2) is 101 Å². The summed E-state index contributed by atoms with van der Waals surface area (Å²) in [5.41, 5.74) is 9.95. The second-order valence-corrected chi connectivity index (χ2v) is 10.1. The molecule has 0 saturated heterocycles. The second kappa shape index (κ2) is 10.6. The molecule has 0 fully saturated rings. The molecule has 0 amide bonds. The van der Waals surface area contributed by atoms with Crippen LogP contribution in [0.25, 0.3) is 57.2 Å². The standard InChI is InChI=1S/C34H31N5O/c1-38(2)26-18-13-24(14-19-26)32-33(25-15-20-27(21-16-25)39(3)4)37-34(36-32)28-10-6-5-9-23(28)17-22-31-35-29-11-7-8-12-30(29)40-31/h5-22H,1-4H3,(H,36,37)/b22-17+. The van der Waals surface area contributed by atoms with E-state index in [4.69, 9.17) is 9.40 Å². The highest BCUT2D eigenvalue weighted by Gasteiger charge is 2.17. The van der Waals surface area contributed by atoms with E-state index in [0.717, 1.165) is 61.9 Å². The lowest BCUT2D eigenvalue weighted by molar-refractivity contribution is 0.590. The second-order valence-electron chi connectivity index (χ2n) is 10.1. The van der Waals surface area contributed by atoms with E-state index < -0.39 is 0 Å². The van der Waals surface area contributed by atoms with Gasteiger partial charge < -0.3 is 19.2 Å². The highest BCUT2D eigenvalue weighted by atomic mass is 16.3. The van der Waals surface area contributed by atoms with Crippen molar-refractivity contribution < 1.29 is 4.42 Å². The number of para-hydroxylation sites is 2. The Hall–Kier alpha value is -5.10. The molecule has 0 aliphatic rings. The molecule has 2 heterocycles. The van der Waals surface area contributed by atoms with Crippen molar-refractivity contribution in [2.75, 3.05) is 38.0 Å². The molecule has 0 saturated carbocycles. The largest absolute Gasteiger partial charge is 0.437 e. The zero-order valence-electron chi connectivity index (χ0n) is 23.1. The third-order valence-corrected chi connectivity index (χ3v) is 6.97. The van der Waals surface area contributed by atoms with E-state index in [1.54, 1.807) is 0 Å². The minimum Gasteiger partial charge on any atom is -0.437 e. The number of H-pyrrole nitrogens is 1. The fraction of sp³-hybridized carbons (Fsp3) is 0.118. The van der Waals surface area contributed by atoms with Crippen LogP contribution in [-0.4, -0.2) is 43.1 Å². The Labute approximate surface area is 234 Å². The predicted octanol–water partition coefficient (Wildman–Crippen LogP) is 7.85. The number of hydrogen-bond donors (Lipinski definition) is 1. The first kappa shape index (κ1) is 25.2. The lowest BCUT2D eigenvalue weighted by atomic mass is 10.0. The molecule has 0 spiro atoms. The van der Waals surface area contributed by atoms with E-state index in [1.165, 1.54) is 0 Å². The van der Waals surface area contributed by atoms with E-state index >= 15 is 0 Å². The van der Waals surface area contributed by atoms with E-state index in [0.29, 0.717) is 5.89 Å². The number of fused-ring (bicyclic) bond motifs is 1. The van der Waals surface area contributed by atoms with Crippen molar-refractivity contribution in [1.82, 2.24) is 15.0 Å². The molecule has 2 aromatic heterocycles. The maximum atomic E-state index is 5.90. The van der Waals surface area contributed by atoms with Crippen LogP contribution >= 0.6 is 0 Å². The van der Waals surface area contributed by atoms with Crippen LogP contribution in [0.1, 0.15) is 11.5 Å². The van der Waals surface area contributed by atoms with Gasteiger partial charge in [-0.25, -0.2) is 9.97 Å². The van der Waals surface area contributed by atoms with Crippen LogP contribution in [0.5, 0.6) is 0 Å². The molecule has 0 radical (unpaired) electrons. The molecule has 6 nitrogen and oxygen atoms in total. The molecule has 0 atom stereocenters. The van der Waals surface area contributed by atoms with Crippen molar-refractivity contribution in [1.29, 1.82) is 0 Å². The summed E-state index contributed by atoms with van der Waals surface area (Å²) in [4.78, 5) is 17.6. The molecule has 0 aliphatic carbocycles. The zero-order valence-corrected chi connectivity index (χ0v) is 23.1. The topological polar surface area (TPSA) is 61.2 Å². The quantitative estimate of drug-likeness (QED) is 0.230. The van der Waals surface area contributed by atoms with Crippen molar-refractivity contribution in [3.8, 4) is 33.9 Å². The minimum atomic E-state index is 0.568. The number of anilines is 2. The first-order chi connectivity index (χ1) is 19.5. The number of nitrogens with zero attached hydrogens (tertiary/aromatic N) is 4.